The molecule has 9 heteroatoms. The molecule has 0 unspecified atom stereocenters. The van der Waals surface area contributed by atoms with Crippen LogP contribution >= 0.6 is 0 Å². The number of hydrogen-bond donors (Lipinski definition) is 1. The summed E-state index contributed by atoms with van der Waals surface area (Å²) in [7, 11) is 0. The number of piperidine rings is 1. The normalized spacial score (nSPS) is 25.5. The van der Waals surface area contributed by atoms with Gasteiger partial charge in [-0.3, -0.25) is 14.4 Å². The number of amides is 2. The Balaban J connectivity index is 1.34. The van der Waals surface area contributed by atoms with Crippen molar-refractivity contribution in [1.29, 1.82) is 0 Å². The summed E-state index contributed by atoms with van der Waals surface area (Å²) in [4.78, 5) is 28.5. The van der Waals surface area contributed by atoms with Crippen molar-refractivity contribution in [2.45, 2.75) is 37.5 Å². The summed E-state index contributed by atoms with van der Waals surface area (Å²) in [5, 5.41) is 7.49. The second-order valence-electron chi connectivity index (χ2n) is 7.57. The smallest absolute Gasteiger partial charge is 0.410 e. The minimum atomic E-state index is -0.423. The molecule has 1 spiro atoms. The third-order valence-corrected chi connectivity index (χ3v) is 5.53. The summed E-state index contributed by atoms with van der Waals surface area (Å²) in [6.45, 7) is 4.64. The van der Waals surface area contributed by atoms with Crippen LogP contribution in [0.25, 0.3) is 0 Å². The van der Waals surface area contributed by atoms with E-state index in [1.54, 1.807) is 11.1 Å². The van der Waals surface area contributed by atoms with Gasteiger partial charge in [-0.15, -0.1) is 0 Å². The summed E-state index contributed by atoms with van der Waals surface area (Å²) in [5.74, 6) is -0.0473. The van der Waals surface area contributed by atoms with E-state index in [1.807, 2.05) is 21.8 Å². The van der Waals surface area contributed by atoms with E-state index < -0.39 is 5.60 Å². The Hall–Kier alpha value is -2.13. The summed E-state index contributed by atoms with van der Waals surface area (Å²) in [6.07, 6.45) is 5.54. The van der Waals surface area contributed by atoms with Crippen LogP contribution in [0.15, 0.2) is 18.5 Å². The van der Waals surface area contributed by atoms with Gasteiger partial charge >= 0.3 is 6.09 Å². The van der Waals surface area contributed by atoms with Crippen LogP contribution in [0.3, 0.4) is 0 Å². The van der Waals surface area contributed by atoms with Gasteiger partial charge in [0.25, 0.3) is 0 Å². The fraction of sp³-hybridized carbons (Fsp3) is 0.722. The highest BCUT2D eigenvalue weighted by Gasteiger charge is 2.46. The maximum absolute atomic E-state index is 12.9. The zero-order valence-electron chi connectivity index (χ0n) is 15.5. The highest BCUT2D eigenvalue weighted by Crippen LogP contribution is 2.31. The maximum Gasteiger partial charge on any atom is 0.410 e. The van der Waals surface area contributed by atoms with Crippen LogP contribution in [-0.2, 0) is 20.8 Å². The molecule has 2 amide bonds. The van der Waals surface area contributed by atoms with Crippen LogP contribution in [0.1, 0.15) is 19.3 Å². The molecule has 9 nitrogen and oxygen atoms in total. The number of hydrogen-bond acceptors (Lipinski definition) is 6. The van der Waals surface area contributed by atoms with Gasteiger partial charge in [0.1, 0.15) is 12.1 Å². The Morgan fingerprint density at radius 3 is 3.00 bits per heavy atom. The molecule has 1 N–H and O–H groups in total. The molecule has 0 saturated carbocycles. The third-order valence-electron chi connectivity index (χ3n) is 5.53. The van der Waals surface area contributed by atoms with Gasteiger partial charge in [0.2, 0.25) is 5.91 Å². The lowest BCUT2D eigenvalue weighted by atomic mass is 9.92. The number of carbonyl (C=O) groups is 2. The van der Waals surface area contributed by atoms with E-state index in [9.17, 15) is 9.59 Å². The zero-order valence-corrected chi connectivity index (χ0v) is 15.5. The SMILES string of the molecule is O=C(CN1CC2(CCNCC2)OC1=O)N1CCCO[C@H](Cn2cccn2)C1. The van der Waals surface area contributed by atoms with Gasteiger partial charge < -0.3 is 19.7 Å². The number of ether oxygens (including phenoxy) is 2. The molecule has 3 fully saturated rings. The molecule has 4 heterocycles. The van der Waals surface area contributed by atoms with Crippen LogP contribution < -0.4 is 5.32 Å². The summed E-state index contributed by atoms with van der Waals surface area (Å²) in [6, 6.07) is 1.87. The molecule has 27 heavy (non-hydrogen) atoms. The number of rotatable bonds is 4. The number of carbonyl (C=O) groups excluding carboxylic acids is 2. The van der Waals surface area contributed by atoms with Crippen molar-refractivity contribution in [3.05, 3.63) is 18.5 Å². The van der Waals surface area contributed by atoms with Crippen LogP contribution in [0, 0.1) is 0 Å². The van der Waals surface area contributed by atoms with E-state index in [-0.39, 0.29) is 24.6 Å². The molecule has 148 valence electrons. The topological polar surface area (TPSA) is 88.9 Å². The minimum Gasteiger partial charge on any atom is -0.441 e. The minimum absolute atomic E-state index is 0.0473. The molecule has 1 aromatic rings. The van der Waals surface area contributed by atoms with Gasteiger partial charge in [-0.25, -0.2) is 4.79 Å². The average molecular weight is 377 g/mol. The largest absolute Gasteiger partial charge is 0.441 e. The van der Waals surface area contributed by atoms with Gasteiger partial charge in [-0.1, -0.05) is 0 Å². The Morgan fingerprint density at radius 2 is 2.22 bits per heavy atom. The molecule has 0 aliphatic carbocycles. The monoisotopic (exact) mass is 377 g/mol. The lowest BCUT2D eigenvalue weighted by Crippen LogP contribution is -2.47. The van der Waals surface area contributed by atoms with Crippen LogP contribution in [0.4, 0.5) is 4.79 Å². The van der Waals surface area contributed by atoms with Gasteiger partial charge in [0.05, 0.1) is 19.2 Å². The molecular formula is C18H27N5O4. The van der Waals surface area contributed by atoms with Crippen molar-refractivity contribution < 1.29 is 19.1 Å². The lowest BCUT2D eigenvalue weighted by Gasteiger charge is -2.31. The van der Waals surface area contributed by atoms with E-state index in [0.29, 0.717) is 32.8 Å². The second-order valence-corrected chi connectivity index (χ2v) is 7.57. The van der Waals surface area contributed by atoms with E-state index >= 15 is 0 Å². The standard InChI is InChI=1S/C18H27N5O4/c24-16(13-22-14-18(27-17(22)25)3-6-19-7-4-18)21-8-2-10-26-15(11-21)12-23-9-1-5-20-23/h1,5,9,15,19H,2-4,6-8,10-14H2/t15-/m0/s1. The van der Waals surface area contributed by atoms with Crippen molar-refractivity contribution in [1.82, 2.24) is 24.9 Å². The molecule has 3 aliphatic heterocycles. The van der Waals surface area contributed by atoms with Gasteiger partial charge in [-0.2, -0.15) is 5.10 Å². The van der Waals surface area contributed by atoms with Gasteiger partial charge in [0, 0.05) is 44.9 Å². The second kappa shape index (κ2) is 7.85. The first kappa shape index (κ1) is 18.2. The Labute approximate surface area is 158 Å². The Kier molecular flexibility index (Phi) is 5.31. The van der Waals surface area contributed by atoms with Gasteiger partial charge in [-0.05, 0) is 25.6 Å². The highest BCUT2D eigenvalue weighted by atomic mass is 16.6. The Bertz CT molecular complexity index is 659. The maximum atomic E-state index is 12.9. The lowest BCUT2D eigenvalue weighted by molar-refractivity contribution is -0.132. The van der Waals surface area contributed by atoms with Crippen molar-refractivity contribution in [2.75, 3.05) is 45.9 Å². The van der Waals surface area contributed by atoms with E-state index in [0.717, 1.165) is 32.4 Å². The molecule has 1 atom stereocenters. The summed E-state index contributed by atoms with van der Waals surface area (Å²) in [5.41, 5.74) is -0.423. The first-order valence-corrected chi connectivity index (χ1v) is 9.69. The number of aromatic nitrogens is 2. The summed E-state index contributed by atoms with van der Waals surface area (Å²) >= 11 is 0. The summed E-state index contributed by atoms with van der Waals surface area (Å²) < 4.78 is 13.3. The predicted octanol–water partition coefficient (Wildman–Crippen LogP) is 0.0750. The Morgan fingerprint density at radius 1 is 1.37 bits per heavy atom. The van der Waals surface area contributed by atoms with Crippen LogP contribution in [0.5, 0.6) is 0 Å². The van der Waals surface area contributed by atoms with E-state index in [1.165, 1.54) is 0 Å². The first-order valence-electron chi connectivity index (χ1n) is 9.69. The van der Waals surface area contributed by atoms with Crippen molar-refractivity contribution in [3.8, 4) is 0 Å². The van der Waals surface area contributed by atoms with Crippen molar-refractivity contribution in [2.24, 2.45) is 0 Å². The highest BCUT2D eigenvalue weighted by molar-refractivity contribution is 5.83. The van der Waals surface area contributed by atoms with Gasteiger partial charge in [0.15, 0.2) is 0 Å². The van der Waals surface area contributed by atoms with Crippen molar-refractivity contribution in [3.63, 3.8) is 0 Å². The molecular weight excluding hydrogens is 350 g/mol. The average Bonchev–Trinajstić information content (AvgIpc) is 3.18. The molecule has 0 bridgehead atoms. The molecule has 3 saturated heterocycles. The first-order chi connectivity index (χ1) is 13.1. The third kappa shape index (κ3) is 4.24. The number of nitrogens with zero attached hydrogens (tertiary/aromatic N) is 4. The fourth-order valence-corrected chi connectivity index (χ4v) is 4.07. The quantitative estimate of drug-likeness (QED) is 0.799. The van der Waals surface area contributed by atoms with Crippen molar-refractivity contribution >= 4 is 12.0 Å². The van der Waals surface area contributed by atoms with Crippen LogP contribution in [0.2, 0.25) is 0 Å². The molecule has 3 aliphatic rings. The zero-order chi connectivity index (χ0) is 18.7. The molecule has 1 aromatic heterocycles. The molecule has 0 aromatic carbocycles. The molecule has 4 rings (SSSR count). The predicted molar refractivity (Wildman–Crippen MR) is 96.1 cm³/mol. The van der Waals surface area contributed by atoms with E-state index in [2.05, 4.69) is 10.4 Å². The molecule has 0 radical (unpaired) electrons. The van der Waals surface area contributed by atoms with E-state index in [4.69, 9.17) is 9.47 Å². The fourth-order valence-electron chi connectivity index (χ4n) is 4.07. The number of nitrogens with one attached hydrogen (secondary N) is 1. The van der Waals surface area contributed by atoms with Crippen LogP contribution in [-0.4, -0.2) is 89.2 Å².